The highest BCUT2D eigenvalue weighted by Gasteiger charge is 2.31. The number of halogens is 5. The zero-order chi connectivity index (χ0) is 35.4. The first-order chi connectivity index (χ1) is 21.7. The molecule has 0 bridgehead atoms. The monoisotopic (exact) mass is 699 g/mol. The molecule has 4 rings (SSSR count). The summed E-state index contributed by atoms with van der Waals surface area (Å²) >= 11 is 11.9. The van der Waals surface area contributed by atoms with Gasteiger partial charge in [-0.3, -0.25) is 10.1 Å². The Morgan fingerprint density at radius 2 is 1.70 bits per heavy atom. The summed E-state index contributed by atoms with van der Waals surface area (Å²) in [6.07, 6.45) is -4.58. The minimum Gasteiger partial charge on any atom is -0.477 e. The van der Waals surface area contributed by atoms with E-state index in [1.807, 2.05) is 20.8 Å². The van der Waals surface area contributed by atoms with E-state index in [2.05, 4.69) is 10.4 Å². The van der Waals surface area contributed by atoms with E-state index >= 15 is 0 Å². The molecular weight excluding hydrogens is 674 g/mol. The first-order valence-corrected chi connectivity index (χ1v) is 13.9. The van der Waals surface area contributed by atoms with Crippen molar-refractivity contribution in [1.29, 1.82) is 0 Å². The lowest BCUT2D eigenvalue weighted by Gasteiger charge is -2.13. The number of carbonyl (C=O) groups excluding carboxylic acids is 1. The minimum atomic E-state index is -4.58. The Bertz CT molecular complexity index is 1880. The highest BCUT2D eigenvalue weighted by Crippen LogP contribution is 2.37. The molecule has 0 saturated heterocycles. The summed E-state index contributed by atoms with van der Waals surface area (Å²) in [5, 5.41) is 26.5. The Balaban J connectivity index is 0.000000256. The van der Waals surface area contributed by atoms with Crippen molar-refractivity contribution >= 4 is 46.6 Å². The molecule has 1 aromatic heterocycles. The van der Waals surface area contributed by atoms with Crippen LogP contribution in [0, 0.1) is 10.1 Å². The molecule has 0 radical (unpaired) electrons. The summed E-state index contributed by atoms with van der Waals surface area (Å²) in [6, 6.07) is 9.78. The number of rotatable bonds is 6. The topological polar surface area (TPSA) is 170 Å². The number of carboxylic acid groups (broad SMARTS) is 1. The van der Waals surface area contributed by atoms with Crippen molar-refractivity contribution in [2.45, 2.75) is 32.4 Å². The molecule has 0 aliphatic heterocycles. The zero-order valence-electron chi connectivity index (χ0n) is 25.2. The molecule has 3 aromatic carbocycles. The third kappa shape index (κ3) is 9.23. The number of alkyl halides is 3. The number of anilines is 1. The third-order valence-corrected chi connectivity index (χ3v) is 6.50. The maximum absolute atomic E-state index is 12.6. The fraction of sp³-hybridized carbons (Fsp3) is 0.241. The van der Waals surface area contributed by atoms with Gasteiger partial charge in [0.1, 0.15) is 17.1 Å². The smallest absolute Gasteiger partial charge is 0.442 e. The Morgan fingerprint density at radius 3 is 2.19 bits per heavy atom. The number of hydrogen-bond donors (Lipinski definition) is 2. The van der Waals surface area contributed by atoms with E-state index in [0.29, 0.717) is 23.3 Å². The lowest BCUT2D eigenvalue weighted by molar-refractivity contribution is -0.385. The maximum atomic E-state index is 12.6. The number of benzene rings is 3. The Morgan fingerprint density at radius 1 is 1.04 bits per heavy atom. The van der Waals surface area contributed by atoms with Crippen molar-refractivity contribution in [3.63, 3.8) is 0 Å². The van der Waals surface area contributed by atoms with Crippen molar-refractivity contribution in [2.75, 3.05) is 19.4 Å². The van der Waals surface area contributed by atoms with Crippen molar-refractivity contribution in [1.82, 2.24) is 14.7 Å². The van der Waals surface area contributed by atoms with Crippen LogP contribution in [0.2, 0.25) is 10.0 Å². The van der Waals surface area contributed by atoms with Gasteiger partial charge in [-0.1, -0.05) is 44.0 Å². The molecular formula is C29H26Cl2F3N5O8. The van der Waals surface area contributed by atoms with E-state index in [4.69, 9.17) is 37.5 Å². The first-order valence-electron chi connectivity index (χ1n) is 13.1. The average Bonchev–Trinajstić information content (AvgIpc) is 3.35. The van der Waals surface area contributed by atoms with Crippen LogP contribution in [0.4, 0.5) is 29.3 Å². The molecule has 1 heterocycles. The molecule has 0 spiro atoms. The predicted octanol–water partition coefficient (Wildman–Crippen LogP) is 7.63. The van der Waals surface area contributed by atoms with Crippen molar-refractivity contribution in [3.8, 4) is 17.2 Å². The van der Waals surface area contributed by atoms with Crippen LogP contribution in [-0.2, 0) is 11.6 Å². The van der Waals surface area contributed by atoms with Crippen LogP contribution in [0.15, 0.2) is 63.8 Å². The van der Waals surface area contributed by atoms with Gasteiger partial charge in [-0.2, -0.15) is 17.9 Å². The second-order valence-corrected chi connectivity index (χ2v) is 11.6. The molecule has 13 nitrogen and oxygen atoms in total. The summed E-state index contributed by atoms with van der Waals surface area (Å²) in [5.74, 6) is -2.12. The normalized spacial score (nSPS) is 11.3. The summed E-state index contributed by atoms with van der Waals surface area (Å²) in [7, 11) is 3.27. The first kappa shape index (κ1) is 36.4. The van der Waals surface area contributed by atoms with Crippen LogP contribution in [-0.4, -0.2) is 50.8 Å². The van der Waals surface area contributed by atoms with Crippen LogP contribution in [0.3, 0.4) is 0 Å². The largest absolute Gasteiger partial charge is 0.477 e. The van der Waals surface area contributed by atoms with Gasteiger partial charge < -0.3 is 24.5 Å². The van der Waals surface area contributed by atoms with Gasteiger partial charge in [0.15, 0.2) is 0 Å². The fourth-order valence-corrected chi connectivity index (χ4v) is 4.00. The van der Waals surface area contributed by atoms with Gasteiger partial charge in [0.05, 0.1) is 26.2 Å². The quantitative estimate of drug-likeness (QED) is 0.152. The highest BCUT2D eigenvalue weighted by atomic mass is 35.5. The van der Waals surface area contributed by atoms with Gasteiger partial charge in [-0.15, -0.1) is 5.10 Å². The summed E-state index contributed by atoms with van der Waals surface area (Å²) in [4.78, 5) is 45.9. The van der Waals surface area contributed by atoms with Gasteiger partial charge >= 0.3 is 23.9 Å². The fourth-order valence-electron chi connectivity index (χ4n) is 3.52. The molecule has 0 aliphatic carbocycles. The SMILES string of the molecule is CN(C)C(=O)Nc1ccc(-n2nc(C(C)(C)C)oc2=O)c(Cl)c1.O=C(O)c1cc(Oc2ccc(C(F)(F)F)cc2Cl)ccc1[N+](=O)[O-]. The number of amides is 2. The number of urea groups is 1. The molecule has 2 amide bonds. The molecule has 47 heavy (non-hydrogen) atoms. The molecule has 2 N–H and O–H groups in total. The molecule has 4 aromatic rings. The molecule has 0 unspecified atom stereocenters. The van der Waals surface area contributed by atoms with Crippen molar-refractivity contribution in [3.05, 3.63) is 102 Å². The second kappa shape index (κ2) is 14.1. The molecule has 0 atom stereocenters. The van der Waals surface area contributed by atoms with Crippen molar-refractivity contribution in [2.24, 2.45) is 0 Å². The maximum Gasteiger partial charge on any atom is 0.442 e. The van der Waals surface area contributed by atoms with E-state index in [0.717, 1.165) is 35.0 Å². The number of carboxylic acids is 1. The number of nitrogens with zero attached hydrogens (tertiary/aromatic N) is 4. The average molecular weight is 700 g/mol. The minimum absolute atomic E-state index is 0.125. The Kier molecular flexibility index (Phi) is 10.9. The zero-order valence-corrected chi connectivity index (χ0v) is 26.7. The van der Waals surface area contributed by atoms with Crippen LogP contribution < -0.4 is 15.8 Å². The van der Waals surface area contributed by atoms with E-state index in [-0.39, 0.29) is 27.6 Å². The van der Waals surface area contributed by atoms with Crippen LogP contribution in [0.25, 0.3) is 5.69 Å². The molecule has 0 aliphatic rings. The summed E-state index contributed by atoms with van der Waals surface area (Å²) < 4.78 is 49.2. The van der Waals surface area contributed by atoms with Gasteiger partial charge in [0.2, 0.25) is 5.89 Å². The number of carbonyl (C=O) groups is 2. The van der Waals surface area contributed by atoms with Gasteiger partial charge in [-0.05, 0) is 42.5 Å². The van der Waals surface area contributed by atoms with Gasteiger partial charge in [-0.25, -0.2) is 14.4 Å². The summed E-state index contributed by atoms with van der Waals surface area (Å²) in [6.45, 7) is 5.68. The van der Waals surface area contributed by atoms with E-state index < -0.39 is 45.1 Å². The van der Waals surface area contributed by atoms with Crippen LogP contribution >= 0.6 is 23.2 Å². The third-order valence-electron chi connectivity index (χ3n) is 5.90. The van der Waals surface area contributed by atoms with E-state index in [9.17, 15) is 37.7 Å². The molecule has 250 valence electrons. The van der Waals surface area contributed by atoms with E-state index in [1.54, 1.807) is 32.3 Å². The molecule has 18 heteroatoms. The van der Waals surface area contributed by atoms with Crippen molar-refractivity contribution < 1.29 is 41.9 Å². The van der Waals surface area contributed by atoms with Gasteiger partial charge in [0.25, 0.3) is 5.69 Å². The number of hydrogen-bond acceptors (Lipinski definition) is 8. The molecule has 0 fully saturated rings. The number of aromatic carboxylic acids is 1. The standard InChI is InChI=1S/C15H19ClN4O3.C14H7ClF3NO5/c1-15(2,3)12-18-20(14(22)23-12)11-7-6-9(8-10(11)16)17-13(21)19(4)5;15-10-5-7(14(16,17)18)1-4-12(10)24-8-2-3-11(19(22)23)9(6-8)13(20)21/h6-8H,1-5H3,(H,17,21);1-6H,(H,20,21). The van der Waals surface area contributed by atoms with E-state index in [1.165, 1.54) is 4.90 Å². The lowest BCUT2D eigenvalue weighted by Crippen LogP contribution is -2.27. The lowest BCUT2D eigenvalue weighted by atomic mass is 9.97. The highest BCUT2D eigenvalue weighted by molar-refractivity contribution is 6.32. The predicted molar refractivity (Wildman–Crippen MR) is 165 cm³/mol. The number of nitro benzene ring substituents is 1. The van der Waals surface area contributed by atoms with Gasteiger partial charge in [0, 0.05) is 37.3 Å². The molecule has 0 saturated carbocycles. The van der Waals surface area contributed by atoms with Crippen LogP contribution in [0.1, 0.15) is 42.6 Å². The second-order valence-electron chi connectivity index (χ2n) is 10.8. The number of nitrogens with one attached hydrogen (secondary N) is 1. The number of aromatic nitrogens is 2. The number of nitro groups is 1. The number of ether oxygens (including phenoxy) is 1. The Hall–Kier alpha value is -5.09. The Labute approximate surface area is 274 Å². The van der Waals surface area contributed by atoms with Crippen LogP contribution in [0.5, 0.6) is 11.5 Å². The summed E-state index contributed by atoms with van der Waals surface area (Å²) in [5.41, 5.74) is -1.73.